The van der Waals surface area contributed by atoms with E-state index in [0.29, 0.717) is 30.2 Å². The zero-order valence-corrected chi connectivity index (χ0v) is 10.6. The normalized spacial score (nSPS) is 15.3. The van der Waals surface area contributed by atoms with Crippen molar-refractivity contribution in [3.8, 4) is 11.5 Å². The van der Waals surface area contributed by atoms with Crippen LogP contribution in [0.15, 0.2) is 18.2 Å². The molecule has 0 aromatic heterocycles. The van der Waals surface area contributed by atoms with Gasteiger partial charge in [-0.15, -0.1) is 0 Å². The summed E-state index contributed by atoms with van der Waals surface area (Å²) in [6.45, 7) is 1.21. The van der Waals surface area contributed by atoms with E-state index in [9.17, 15) is 4.79 Å². The van der Waals surface area contributed by atoms with E-state index in [1.165, 1.54) is 12.2 Å². The first-order valence-electron chi connectivity index (χ1n) is 5.93. The standard InChI is InChI=1S/C13H17NO4/c1-16-10-5-6-11(12(9-10)17-2)13(15)14-7-3-4-8-18-14/h5-6,9H,3-4,7-8H2,1-2H3. The van der Waals surface area contributed by atoms with Crippen LogP contribution in [-0.2, 0) is 4.84 Å². The molecule has 5 heteroatoms. The summed E-state index contributed by atoms with van der Waals surface area (Å²) in [7, 11) is 3.10. The first kappa shape index (κ1) is 12.7. The van der Waals surface area contributed by atoms with Crippen LogP contribution in [0.4, 0.5) is 0 Å². The maximum Gasteiger partial charge on any atom is 0.281 e. The van der Waals surface area contributed by atoms with E-state index in [2.05, 4.69) is 0 Å². The summed E-state index contributed by atoms with van der Waals surface area (Å²) in [6, 6.07) is 5.12. The third-order valence-electron chi connectivity index (χ3n) is 2.87. The number of amides is 1. The second-order valence-corrected chi connectivity index (χ2v) is 4.01. The Balaban J connectivity index is 2.23. The molecule has 5 nitrogen and oxygen atoms in total. The van der Waals surface area contributed by atoms with Crippen molar-refractivity contribution < 1.29 is 19.1 Å². The monoisotopic (exact) mass is 251 g/mol. The number of methoxy groups -OCH3 is 2. The Kier molecular flexibility index (Phi) is 4.04. The fourth-order valence-electron chi connectivity index (χ4n) is 1.87. The summed E-state index contributed by atoms with van der Waals surface area (Å²) in [6.07, 6.45) is 1.95. The van der Waals surface area contributed by atoms with Crippen molar-refractivity contribution in [1.82, 2.24) is 5.06 Å². The molecule has 0 unspecified atom stereocenters. The summed E-state index contributed by atoms with van der Waals surface area (Å²) in [5.74, 6) is 0.977. The predicted octanol–water partition coefficient (Wildman–Crippen LogP) is 1.87. The van der Waals surface area contributed by atoms with Crippen molar-refractivity contribution in [1.29, 1.82) is 0 Å². The highest BCUT2D eigenvalue weighted by molar-refractivity contribution is 5.96. The van der Waals surface area contributed by atoms with Crippen molar-refractivity contribution in [3.63, 3.8) is 0 Å². The summed E-state index contributed by atoms with van der Waals surface area (Å²) in [5, 5.41) is 1.40. The first-order chi connectivity index (χ1) is 8.76. The molecule has 0 saturated carbocycles. The lowest BCUT2D eigenvalue weighted by atomic mass is 10.1. The van der Waals surface area contributed by atoms with Gasteiger partial charge in [-0.2, -0.15) is 0 Å². The topological polar surface area (TPSA) is 48.0 Å². The van der Waals surface area contributed by atoms with Gasteiger partial charge < -0.3 is 9.47 Å². The van der Waals surface area contributed by atoms with Gasteiger partial charge in [-0.05, 0) is 25.0 Å². The number of hydrogen-bond donors (Lipinski definition) is 0. The average molecular weight is 251 g/mol. The van der Waals surface area contributed by atoms with Gasteiger partial charge in [0.05, 0.1) is 26.4 Å². The number of carbonyl (C=O) groups is 1. The molecule has 1 fully saturated rings. The molecule has 0 spiro atoms. The predicted molar refractivity (Wildman–Crippen MR) is 65.8 cm³/mol. The highest BCUT2D eigenvalue weighted by Gasteiger charge is 2.22. The van der Waals surface area contributed by atoms with Gasteiger partial charge in [-0.25, -0.2) is 5.06 Å². The Hall–Kier alpha value is -1.75. The summed E-state index contributed by atoms with van der Waals surface area (Å²) in [4.78, 5) is 17.6. The minimum absolute atomic E-state index is 0.172. The van der Waals surface area contributed by atoms with Gasteiger partial charge in [0.1, 0.15) is 11.5 Å². The number of nitrogens with zero attached hydrogens (tertiary/aromatic N) is 1. The van der Waals surface area contributed by atoms with Crippen LogP contribution < -0.4 is 9.47 Å². The maximum absolute atomic E-state index is 12.3. The van der Waals surface area contributed by atoms with E-state index in [1.807, 2.05) is 0 Å². The molecule has 0 radical (unpaired) electrons. The zero-order valence-electron chi connectivity index (χ0n) is 10.6. The van der Waals surface area contributed by atoms with E-state index < -0.39 is 0 Å². The SMILES string of the molecule is COc1ccc(C(=O)N2CCCCO2)c(OC)c1. The number of benzene rings is 1. The number of hydroxylamine groups is 2. The highest BCUT2D eigenvalue weighted by Crippen LogP contribution is 2.26. The van der Waals surface area contributed by atoms with Gasteiger partial charge in [0.2, 0.25) is 0 Å². The van der Waals surface area contributed by atoms with Gasteiger partial charge in [-0.1, -0.05) is 0 Å². The second kappa shape index (κ2) is 5.73. The molecule has 1 aromatic rings. The Morgan fingerprint density at radius 2 is 2.11 bits per heavy atom. The van der Waals surface area contributed by atoms with Crippen LogP contribution in [0.3, 0.4) is 0 Å². The van der Waals surface area contributed by atoms with Crippen LogP contribution in [0.5, 0.6) is 11.5 Å². The molecule has 0 N–H and O–H groups in total. The van der Waals surface area contributed by atoms with E-state index in [1.54, 1.807) is 25.3 Å². The lowest BCUT2D eigenvalue weighted by Crippen LogP contribution is -2.35. The largest absolute Gasteiger partial charge is 0.497 e. The van der Waals surface area contributed by atoms with Crippen molar-refractivity contribution in [3.05, 3.63) is 23.8 Å². The third kappa shape index (κ3) is 2.56. The molecule has 18 heavy (non-hydrogen) atoms. The fraction of sp³-hybridized carbons (Fsp3) is 0.462. The van der Waals surface area contributed by atoms with Crippen molar-refractivity contribution in [2.45, 2.75) is 12.8 Å². The second-order valence-electron chi connectivity index (χ2n) is 4.01. The molecule has 1 saturated heterocycles. The number of carbonyl (C=O) groups excluding carboxylic acids is 1. The van der Waals surface area contributed by atoms with Crippen LogP contribution >= 0.6 is 0 Å². The summed E-state index contributed by atoms with van der Waals surface area (Å²) >= 11 is 0. The molecule has 1 aromatic carbocycles. The number of ether oxygens (including phenoxy) is 2. The molecule has 1 heterocycles. The summed E-state index contributed by atoms with van der Waals surface area (Å²) < 4.78 is 10.3. The van der Waals surface area contributed by atoms with E-state index in [0.717, 1.165) is 12.8 Å². The summed E-state index contributed by atoms with van der Waals surface area (Å²) in [5.41, 5.74) is 0.486. The van der Waals surface area contributed by atoms with Crippen LogP contribution in [0.1, 0.15) is 23.2 Å². The molecule has 1 aliphatic heterocycles. The van der Waals surface area contributed by atoms with Crippen LogP contribution in [0.2, 0.25) is 0 Å². The van der Waals surface area contributed by atoms with Crippen molar-refractivity contribution in [2.24, 2.45) is 0 Å². The number of hydrogen-bond acceptors (Lipinski definition) is 4. The van der Waals surface area contributed by atoms with Gasteiger partial charge in [0, 0.05) is 12.6 Å². The molecule has 2 rings (SSSR count). The van der Waals surface area contributed by atoms with Gasteiger partial charge in [-0.3, -0.25) is 9.63 Å². The van der Waals surface area contributed by atoms with Crippen molar-refractivity contribution >= 4 is 5.91 Å². The zero-order chi connectivity index (χ0) is 13.0. The quantitative estimate of drug-likeness (QED) is 0.823. The van der Waals surface area contributed by atoms with E-state index in [-0.39, 0.29) is 5.91 Å². The molecule has 98 valence electrons. The molecule has 0 bridgehead atoms. The van der Waals surface area contributed by atoms with Gasteiger partial charge in [0.25, 0.3) is 5.91 Å². The fourth-order valence-corrected chi connectivity index (χ4v) is 1.87. The lowest BCUT2D eigenvalue weighted by Gasteiger charge is -2.26. The highest BCUT2D eigenvalue weighted by atomic mass is 16.7. The lowest BCUT2D eigenvalue weighted by molar-refractivity contribution is -0.144. The number of rotatable bonds is 3. The smallest absolute Gasteiger partial charge is 0.281 e. The van der Waals surface area contributed by atoms with Crippen LogP contribution in [-0.4, -0.2) is 38.3 Å². The molecule has 0 atom stereocenters. The Labute approximate surface area is 106 Å². The molecular weight excluding hydrogens is 234 g/mol. The molecule has 0 aliphatic carbocycles. The van der Waals surface area contributed by atoms with Crippen molar-refractivity contribution in [2.75, 3.05) is 27.4 Å². The maximum atomic E-state index is 12.3. The Morgan fingerprint density at radius 1 is 1.28 bits per heavy atom. The molecular formula is C13H17NO4. The van der Waals surface area contributed by atoms with Crippen LogP contribution in [0.25, 0.3) is 0 Å². The average Bonchev–Trinajstić information content (AvgIpc) is 2.46. The van der Waals surface area contributed by atoms with E-state index >= 15 is 0 Å². The van der Waals surface area contributed by atoms with E-state index in [4.69, 9.17) is 14.3 Å². The molecule has 1 aliphatic rings. The third-order valence-corrected chi connectivity index (χ3v) is 2.87. The van der Waals surface area contributed by atoms with Gasteiger partial charge in [0.15, 0.2) is 0 Å². The molecule has 1 amide bonds. The minimum Gasteiger partial charge on any atom is -0.497 e. The Morgan fingerprint density at radius 3 is 2.72 bits per heavy atom. The van der Waals surface area contributed by atoms with Gasteiger partial charge >= 0.3 is 0 Å². The van der Waals surface area contributed by atoms with Crippen LogP contribution in [0, 0.1) is 0 Å². The Bertz CT molecular complexity index is 427. The minimum atomic E-state index is -0.172. The first-order valence-corrected chi connectivity index (χ1v) is 5.93.